The lowest BCUT2D eigenvalue weighted by atomic mass is 10.1. The fraction of sp³-hybridized carbons (Fsp3) is 0.120. The zero-order chi connectivity index (χ0) is 22.0. The summed E-state index contributed by atoms with van der Waals surface area (Å²) in [6.45, 7) is 18.6. The fourth-order valence-electron chi connectivity index (χ4n) is 2.15. The maximum Gasteiger partial charge on any atom is 0.166 e. The van der Waals surface area contributed by atoms with Gasteiger partial charge in [0.05, 0.1) is 6.61 Å². The monoisotopic (exact) mass is 398 g/mol. The molecule has 0 saturated carbocycles. The summed E-state index contributed by atoms with van der Waals surface area (Å²) in [5, 5.41) is 0. The van der Waals surface area contributed by atoms with Gasteiger partial charge in [0.15, 0.2) is 17.5 Å². The van der Waals surface area contributed by atoms with E-state index in [2.05, 4.69) is 26.3 Å². The molecule has 0 fully saturated rings. The van der Waals surface area contributed by atoms with Crippen LogP contribution in [0.15, 0.2) is 97.1 Å². The van der Waals surface area contributed by atoms with Crippen LogP contribution < -0.4 is 0 Å². The fourth-order valence-corrected chi connectivity index (χ4v) is 2.15. The average molecular weight is 398 g/mol. The van der Waals surface area contributed by atoms with E-state index in [1.54, 1.807) is 32.1 Å². The average Bonchev–Trinajstić information content (AvgIpc) is 2.69. The minimum absolute atomic E-state index is 0.0764. The van der Waals surface area contributed by atoms with Gasteiger partial charge in [-0.05, 0) is 36.6 Å². The smallest absolute Gasteiger partial charge is 0.166 e. The first-order valence-electron chi connectivity index (χ1n) is 8.94. The van der Waals surface area contributed by atoms with E-state index in [-0.39, 0.29) is 16.9 Å². The van der Waals surface area contributed by atoms with Gasteiger partial charge in [0.1, 0.15) is 5.76 Å². The number of ether oxygens (including phenoxy) is 1. The number of benzene rings is 1. The number of allylic oxidation sites excluding steroid dienone is 9. The van der Waals surface area contributed by atoms with E-state index >= 15 is 0 Å². The Balaban J connectivity index is 2.81. The molecule has 0 aliphatic heterocycles. The summed E-state index contributed by atoms with van der Waals surface area (Å²) in [6.07, 6.45) is 10.5. The Morgan fingerprint density at radius 2 is 1.52 bits per heavy atom. The molecule has 1 aromatic rings. The second kappa shape index (κ2) is 11.5. The summed E-state index contributed by atoms with van der Waals surface area (Å²) >= 11 is 0. The van der Waals surface area contributed by atoms with Gasteiger partial charge in [-0.15, -0.1) is 0 Å². The summed E-state index contributed by atoms with van der Waals surface area (Å²) in [6, 6.07) is 2.99. The van der Waals surface area contributed by atoms with Crippen LogP contribution in [0.25, 0.3) is 12.2 Å². The Morgan fingerprint density at radius 3 is 2.07 bits per heavy atom. The molecule has 1 nitrogen and oxygen atoms in total. The van der Waals surface area contributed by atoms with E-state index in [0.29, 0.717) is 23.3 Å². The molecule has 0 bridgehead atoms. The van der Waals surface area contributed by atoms with Gasteiger partial charge in [-0.25, -0.2) is 13.2 Å². The van der Waals surface area contributed by atoms with Gasteiger partial charge in [-0.1, -0.05) is 74.9 Å². The van der Waals surface area contributed by atoms with Crippen molar-refractivity contribution in [1.29, 1.82) is 0 Å². The van der Waals surface area contributed by atoms with Crippen LogP contribution in [0.5, 0.6) is 0 Å². The molecule has 0 atom stereocenters. The third-order valence-corrected chi connectivity index (χ3v) is 3.76. The van der Waals surface area contributed by atoms with Crippen LogP contribution in [0.1, 0.15) is 25.0 Å². The molecule has 0 unspecified atom stereocenters. The first kappa shape index (κ1) is 23.8. The molecule has 0 radical (unpaired) electrons. The first-order valence-corrected chi connectivity index (χ1v) is 8.94. The zero-order valence-electron chi connectivity index (χ0n) is 16.8. The van der Waals surface area contributed by atoms with Gasteiger partial charge in [-0.3, -0.25) is 0 Å². The molecule has 1 aromatic carbocycles. The van der Waals surface area contributed by atoms with Gasteiger partial charge in [0, 0.05) is 11.1 Å². The van der Waals surface area contributed by atoms with Crippen molar-refractivity contribution in [3.05, 3.63) is 120 Å². The second-order valence-electron chi connectivity index (χ2n) is 6.01. The maximum atomic E-state index is 14.1. The molecule has 0 saturated heterocycles. The molecule has 152 valence electrons. The molecular weight excluding hydrogens is 373 g/mol. The van der Waals surface area contributed by atoms with Crippen molar-refractivity contribution in [1.82, 2.24) is 0 Å². The molecule has 0 aliphatic rings. The highest BCUT2D eigenvalue weighted by molar-refractivity contribution is 5.59. The van der Waals surface area contributed by atoms with Crippen LogP contribution in [0.2, 0.25) is 0 Å². The highest BCUT2D eigenvalue weighted by atomic mass is 19.2. The molecule has 0 spiro atoms. The highest BCUT2D eigenvalue weighted by Crippen LogP contribution is 2.20. The van der Waals surface area contributed by atoms with Gasteiger partial charge in [0.2, 0.25) is 0 Å². The van der Waals surface area contributed by atoms with Crippen LogP contribution in [-0.2, 0) is 4.74 Å². The van der Waals surface area contributed by atoms with Crippen LogP contribution in [0.3, 0.4) is 0 Å². The summed E-state index contributed by atoms with van der Waals surface area (Å²) in [4.78, 5) is 0. The van der Waals surface area contributed by atoms with Crippen molar-refractivity contribution >= 4 is 12.2 Å². The molecule has 4 heteroatoms. The van der Waals surface area contributed by atoms with Crippen LogP contribution in [0.4, 0.5) is 13.2 Å². The van der Waals surface area contributed by atoms with Crippen LogP contribution in [0, 0.1) is 11.6 Å². The molecule has 0 amide bonds. The summed E-state index contributed by atoms with van der Waals surface area (Å²) in [7, 11) is 0. The predicted octanol–water partition coefficient (Wildman–Crippen LogP) is 7.64. The third-order valence-electron chi connectivity index (χ3n) is 3.76. The molecule has 0 heterocycles. The highest BCUT2D eigenvalue weighted by Gasteiger charge is 2.09. The topological polar surface area (TPSA) is 9.23 Å². The number of hydrogen-bond donors (Lipinski definition) is 0. The maximum absolute atomic E-state index is 14.1. The number of halogens is 3. The SMILES string of the molecule is C=C(/C=C\C(=C)C(=C)/C=C(/F)C(=C)OCC)/C=C/c1ccc(/C=C/C)c(F)c1F. The Morgan fingerprint density at radius 1 is 0.931 bits per heavy atom. The Kier molecular flexibility index (Phi) is 9.46. The van der Waals surface area contributed by atoms with Crippen molar-refractivity contribution in [2.45, 2.75) is 13.8 Å². The lowest BCUT2D eigenvalue weighted by Crippen LogP contribution is -1.92. The third kappa shape index (κ3) is 7.34. The van der Waals surface area contributed by atoms with Crippen molar-refractivity contribution in [3.8, 4) is 0 Å². The van der Waals surface area contributed by atoms with E-state index in [1.807, 2.05) is 0 Å². The van der Waals surface area contributed by atoms with Crippen LogP contribution >= 0.6 is 0 Å². The molecule has 1 rings (SSSR count). The van der Waals surface area contributed by atoms with Gasteiger partial charge in [-0.2, -0.15) is 0 Å². The standard InChI is InChI=1S/C25H25F3O/c1-7-9-21-14-15-22(25(28)24(21)27)13-11-17(3)10-12-18(4)19(5)16-23(26)20(6)29-8-2/h7,9-16H,3-6,8H2,1-2H3/b9-7+,12-10-,13-11+,23-16+. The Labute approximate surface area is 170 Å². The molecule has 0 N–H and O–H groups in total. The van der Waals surface area contributed by atoms with E-state index < -0.39 is 17.5 Å². The lowest BCUT2D eigenvalue weighted by molar-refractivity contribution is 0.226. The van der Waals surface area contributed by atoms with Gasteiger partial charge in [0.25, 0.3) is 0 Å². The van der Waals surface area contributed by atoms with E-state index in [4.69, 9.17) is 4.74 Å². The summed E-state index contributed by atoms with van der Waals surface area (Å²) in [5.74, 6) is -2.54. The molecule has 29 heavy (non-hydrogen) atoms. The van der Waals surface area contributed by atoms with Crippen molar-refractivity contribution < 1.29 is 17.9 Å². The minimum atomic E-state index is -0.929. The number of hydrogen-bond acceptors (Lipinski definition) is 1. The van der Waals surface area contributed by atoms with E-state index in [9.17, 15) is 13.2 Å². The van der Waals surface area contributed by atoms with Crippen LogP contribution in [-0.4, -0.2) is 6.61 Å². The summed E-state index contributed by atoms with van der Waals surface area (Å²) in [5.41, 5.74) is 1.59. The van der Waals surface area contributed by atoms with Gasteiger partial charge < -0.3 is 4.74 Å². The van der Waals surface area contributed by atoms with E-state index in [1.165, 1.54) is 36.4 Å². The molecule has 0 aromatic heterocycles. The second-order valence-corrected chi connectivity index (χ2v) is 6.01. The quantitative estimate of drug-likeness (QED) is 0.291. The Bertz CT molecular complexity index is 928. The Hall–Kier alpha value is -3.27. The largest absolute Gasteiger partial charge is 0.491 e. The normalized spacial score (nSPS) is 12.1. The van der Waals surface area contributed by atoms with Gasteiger partial charge >= 0.3 is 0 Å². The van der Waals surface area contributed by atoms with Crippen molar-refractivity contribution in [3.63, 3.8) is 0 Å². The lowest BCUT2D eigenvalue weighted by Gasteiger charge is -2.05. The predicted molar refractivity (Wildman–Crippen MR) is 117 cm³/mol. The first-order chi connectivity index (χ1) is 13.7. The van der Waals surface area contributed by atoms with E-state index in [0.717, 1.165) is 0 Å². The summed E-state index contributed by atoms with van der Waals surface area (Å²) < 4.78 is 46.9. The zero-order valence-corrected chi connectivity index (χ0v) is 16.8. The number of rotatable bonds is 10. The molecular formula is C25H25F3O. The molecule has 0 aliphatic carbocycles. The van der Waals surface area contributed by atoms with Crippen molar-refractivity contribution in [2.24, 2.45) is 0 Å². The van der Waals surface area contributed by atoms with Crippen molar-refractivity contribution in [2.75, 3.05) is 6.61 Å². The minimum Gasteiger partial charge on any atom is -0.491 e.